The van der Waals surface area contributed by atoms with Gasteiger partial charge in [0, 0.05) is 13.6 Å². The van der Waals surface area contributed by atoms with Crippen LogP contribution < -0.4 is 5.32 Å². The lowest BCUT2D eigenvalue weighted by Crippen LogP contribution is -2.37. The number of nitrogens with zero attached hydrogens (tertiary/aromatic N) is 3. The fourth-order valence-electron chi connectivity index (χ4n) is 4.52. The molecule has 160 valence electrons. The van der Waals surface area contributed by atoms with E-state index in [2.05, 4.69) is 36.1 Å². The third-order valence-corrected chi connectivity index (χ3v) is 6.72. The Morgan fingerprint density at radius 1 is 1.28 bits per heavy atom. The molecule has 1 aliphatic heterocycles. The maximum atomic E-state index is 8.22. The van der Waals surface area contributed by atoms with Crippen molar-refractivity contribution in [1.29, 1.82) is 10.8 Å². The SMILES string of the molecule is Cc1cnn(C)c1C(=N)/C=C\C(=N)NCC1CC12CCN(CCC(C)(C)C)CC2. The van der Waals surface area contributed by atoms with Gasteiger partial charge in [-0.2, -0.15) is 5.10 Å². The van der Waals surface area contributed by atoms with E-state index in [0.717, 1.165) is 17.8 Å². The van der Waals surface area contributed by atoms with Crippen LogP contribution in [0.1, 0.15) is 57.7 Å². The smallest absolute Gasteiger partial charge is 0.118 e. The molecule has 1 unspecified atom stereocenters. The molecule has 2 heterocycles. The second-order valence-electron chi connectivity index (χ2n) is 10.3. The van der Waals surface area contributed by atoms with Crippen molar-refractivity contribution in [3.8, 4) is 0 Å². The van der Waals surface area contributed by atoms with E-state index < -0.39 is 0 Å². The summed E-state index contributed by atoms with van der Waals surface area (Å²) in [6.45, 7) is 13.5. The van der Waals surface area contributed by atoms with Gasteiger partial charge in [-0.25, -0.2) is 0 Å². The van der Waals surface area contributed by atoms with Crippen LogP contribution in [-0.4, -0.2) is 52.4 Å². The summed E-state index contributed by atoms with van der Waals surface area (Å²) in [5.74, 6) is 1.08. The van der Waals surface area contributed by atoms with Crippen LogP contribution in [0.4, 0.5) is 0 Å². The zero-order valence-electron chi connectivity index (χ0n) is 18.8. The molecule has 1 aliphatic carbocycles. The molecule has 29 heavy (non-hydrogen) atoms. The monoisotopic (exact) mass is 398 g/mol. The molecule has 1 spiro atoms. The van der Waals surface area contributed by atoms with Gasteiger partial charge in [0.05, 0.1) is 17.6 Å². The third kappa shape index (κ3) is 5.56. The van der Waals surface area contributed by atoms with Crippen molar-refractivity contribution in [1.82, 2.24) is 20.0 Å². The molecule has 6 nitrogen and oxygen atoms in total. The van der Waals surface area contributed by atoms with Crippen molar-refractivity contribution >= 4 is 11.5 Å². The van der Waals surface area contributed by atoms with Crippen molar-refractivity contribution in [3.63, 3.8) is 0 Å². The quantitative estimate of drug-likeness (QED) is 0.483. The maximum absolute atomic E-state index is 8.22. The van der Waals surface area contributed by atoms with Crippen LogP contribution in [0.25, 0.3) is 0 Å². The van der Waals surface area contributed by atoms with Crippen LogP contribution in [0, 0.1) is 34.5 Å². The highest BCUT2D eigenvalue weighted by Crippen LogP contribution is 2.59. The Hall–Kier alpha value is -1.95. The Balaban J connectivity index is 1.39. The first-order valence-electron chi connectivity index (χ1n) is 10.9. The Kier molecular flexibility index (Phi) is 6.32. The Labute approximate surface area is 175 Å². The van der Waals surface area contributed by atoms with Gasteiger partial charge < -0.3 is 10.2 Å². The zero-order chi connectivity index (χ0) is 21.2. The standard InChI is InChI=1S/C23H38N6/c1-17-15-27-28(5)21(17)19(24)6-7-20(25)26-16-18-14-23(18)9-12-29(13-10-23)11-8-22(2,3)4/h6-7,15,18,24H,8-14,16H2,1-5H3,(H2,25,26)/b7-6-,24-19?. The lowest BCUT2D eigenvalue weighted by Gasteiger charge is -2.34. The Morgan fingerprint density at radius 2 is 1.97 bits per heavy atom. The number of allylic oxidation sites excluding steroid dienone is 1. The highest BCUT2D eigenvalue weighted by atomic mass is 15.3. The van der Waals surface area contributed by atoms with E-state index in [4.69, 9.17) is 10.8 Å². The second-order valence-corrected chi connectivity index (χ2v) is 10.3. The number of aryl methyl sites for hydroxylation is 2. The fourth-order valence-corrected chi connectivity index (χ4v) is 4.52. The van der Waals surface area contributed by atoms with Crippen LogP contribution in [0.5, 0.6) is 0 Å². The molecule has 1 saturated carbocycles. The lowest BCUT2D eigenvalue weighted by molar-refractivity contribution is 0.146. The summed E-state index contributed by atoms with van der Waals surface area (Å²) in [5.41, 5.74) is 3.11. The van der Waals surface area contributed by atoms with Gasteiger partial charge >= 0.3 is 0 Å². The summed E-state index contributed by atoms with van der Waals surface area (Å²) in [5, 5.41) is 23.8. The molecule has 0 bridgehead atoms. The average molecular weight is 399 g/mol. The summed E-state index contributed by atoms with van der Waals surface area (Å²) >= 11 is 0. The predicted molar refractivity (Wildman–Crippen MR) is 120 cm³/mol. The highest BCUT2D eigenvalue weighted by Gasteiger charge is 2.54. The number of likely N-dealkylation sites (tertiary alicyclic amines) is 1. The van der Waals surface area contributed by atoms with Gasteiger partial charge in [-0.3, -0.25) is 15.5 Å². The molecule has 2 aliphatic rings. The number of hydrogen-bond acceptors (Lipinski definition) is 4. The van der Waals surface area contributed by atoms with E-state index >= 15 is 0 Å². The number of amidine groups is 1. The van der Waals surface area contributed by atoms with Gasteiger partial charge in [0.25, 0.3) is 0 Å². The topological polar surface area (TPSA) is 80.8 Å². The van der Waals surface area contributed by atoms with Crippen molar-refractivity contribution in [2.24, 2.45) is 23.8 Å². The number of aromatic nitrogens is 2. The van der Waals surface area contributed by atoms with Gasteiger partial charge in [-0.15, -0.1) is 0 Å². The maximum Gasteiger partial charge on any atom is 0.118 e. The first kappa shape index (κ1) is 21.8. The minimum atomic E-state index is 0.388. The molecule has 1 aromatic rings. The zero-order valence-corrected chi connectivity index (χ0v) is 18.8. The Bertz CT molecular complexity index is 754. The fraction of sp³-hybridized carbons (Fsp3) is 0.696. The molecule has 3 rings (SSSR count). The summed E-state index contributed by atoms with van der Waals surface area (Å²) in [7, 11) is 1.84. The average Bonchev–Trinajstić information content (AvgIpc) is 3.21. The van der Waals surface area contributed by atoms with Gasteiger partial charge in [0.2, 0.25) is 0 Å². The predicted octanol–water partition coefficient (Wildman–Crippen LogP) is 3.76. The van der Waals surface area contributed by atoms with Crippen molar-refractivity contribution < 1.29 is 0 Å². The molecule has 1 atom stereocenters. The number of piperidine rings is 1. The van der Waals surface area contributed by atoms with E-state index in [1.54, 1.807) is 23.0 Å². The molecular formula is C23H38N6. The van der Waals surface area contributed by atoms with E-state index in [1.165, 1.54) is 45.3 Å². The van der Waals surface area contributed by atoms with Crippen molar-refractivity contribution in [3.05, 3.63) is 29.6 Å². The molecule has 2 fully saturated rings. The van der Waals surface area contributed by atoms with Crippen LogP contribution >= 0.6 is 0 Å². The number of nitrogens with one attached hydrogen (secondary N) is 3. The van der Waals surface area contributed by atoms with Crippen molar-refractivity contribution in [2.45, 2.75) is 53.4 Å². The molecule has 3 N–H and O–H groups in total. The summed E-state index contributed by atoms with van der Waals surface area (Å²) in [4.78, 5) is 2.64. The van der Waals surface area contributed by atoms with Gasteiger partial charge in [-0.1, -0.05) is 20.8 Å². The number of hydrogen-bond donors (Lipinski definition) is 3. The molecule has 6 heteroatoms. The normalized spacial score (nSPS) is 21.6. The van der Waals surface area contributed by atoms with Gasteiger partial charge in [-0.05, 0) is 86.7 Å². The van der Waals surface area contributed by atoms with E-state index in [-0.39, 0.29) is 0 Å². The summed E-state index contributed by atoms with van der Waals surface area (Å²) in [6.07, 6.45) is 10.3. The molecule has 0 radical (unpaired) electrons. The molecular weight excluding hydrogens is 360 g/mol. The largest absolute Gasteiger partial charge is 0.370 e. The lowest BCUT2D eigenvalue weighted by atomic mass is 9.88. The van der Waals surface area contributed by atoms with Crippen molar-refractivity contribution in [2.75, 3.05) is 26.2 Å². The minimum Gasteiger partial charge on any atom is -0.370 e. The van der Waals surface area contributed by atoms with E-state index in [1.807, 2.05) is 14.0 Å². The highest BCUT2D eigenvalue weighted by molar-refractivity contribution is 6.09. The summed E-state index contributed by atoms with van der Waals surface area (Å²) < 4.78 is 1.71. The summed E-state index contributed by atoms with van der Waals surface area (Å²) in [6, 6.07) is 0. The van der Waals surface area contributed by atoms with Gasteiger partial charge in [0.1, 0.15) is 5.84 Å². The van der Waals surface area contributed by atoms with Crippen LogP contribution in [-0.2, 0) is 7.05 Å². The van der Waals surface area contributed by atoms with Crippen LogP contribution in [0.3, 0.4) is 0 Å². The third-order valence-electron chi connectivity index (χ3n) is 6.72. The van der Waals surface area contributed by atoms with Crippen LogP contribution in [0.2, 0.25) is 0 Å². The number of rotatable bonds is 7. The van der Waals surface area contributed by atoms with E-state index in [0.29, 0.717) is 28.3 Å². The molecule has 1 saturated heterocycles. The first-order valence-corrected chi connectivity index (χ1v) is 10.9. The molecule has 0 amide bonds. The van der Waals surface area contributed by atoms with Gasteiger partial charge in [0.15, 0.2) is 0 Å². The Morgan fingerprint density at radius 3 is 2.55 bits per heavy atom. The minimum absolute atomic E-state index is 0.388. The molecule has 0 aromatic carbocycles. The first-order chi connectivity index (χ1) is 13.6. The molecule has 1 aromatic heterocycles. The second kappa shape index (κ2) is 8.42. The van der Waals surface area contributed by atoms with E-state index in [9.17, 15) is 0 Å². The van der Waals surface area contributed by atoms with Crippen LogP contribution in [0.15, 0.2) is 18.3 Å².